The van der Waals surface area contributed by atoms with Crippen molar-refractivity contribution < 1.29 is 19.0 Å². The molecule has 2 N–H and O–H groups in total. The van der Waals surface area contributed by atoms with Gasteiger partial charge in [-0.3, -0.25) is 14.2 Å². The van der Waals surface area contributed by atoms with Gasteiger partial charge in [-0.15, -0.1) is 0 Å². The van der Waals surface area contributed by atoms with Gasteiger partial charge in [0.05, 0.1) is 23.9 Å². The van der Waals surface area contributed by atoms with Gasteiger partial charge in [-0.2, -0.15) is 0 Å². The summed E-state index contributed by atoms with van der Waals surface area (Å²) in [4.78, 5) is 30.4. The largest absolute Gasteiger partial charge is 0.506 e. The van der Waals surface area contributed by atoms with Gasteiger partial charge in [-0.25, -0.2) is 9.37 Å². The number of carbonyl (C=O) groups is 1. The highest BCUT2D eigenvalue weighted by molar-refractivity contribution is 6.09. The molecule has 0 saturated carbocycles. The lowest BCUT2D eigenvalue weighted by Crippen LogP contribution is -2.29. The third kappa shape index (κ3) is 3.24. The van der Waals surface area contributed by atoms with Gasteiger partial charge in [-0.05, 0) is 48.5 Å². The number of fused-ring (bicyclic) bond motifs is 1. The number of rotatable bonds is 4. The number of aromatic hydroxyl groups is 1. The second kappa shape index (κ2) is 7.67. The topological polar surface area (TPSA) is 93.4 Å². The minimum Gasteiger partial charge on any atom is -0.506 e. The van der Waals surface area contributed by atoms with Gasteiger partial charge in [0.2, 0.25) is 0 Å². The standard InChI is InChI=1S/C22H16FN3O4/c1-30-17-7-3-2-6-16(17)25-21(28)18-19(27)15-5-4-12-24-20(15)26(22(18)29)14-10-8-13(23)9-11-14/h2-12,27H,1H3,(H,25,28). The lowest BCUT2D eigenvalue weighted by atomic mass is 10.1. The zero-order valence-electron chi connectivity index (χ0n) is 15.8. The summed E-state index contributed by atoms with van der Waals surface area (Å²) in [5.74, 6) is -1.39. The number of para-hydroxylation sites is 2. The zero-order valence-corrected chi connectivity index (χ0v) is 15.8. The third-order valence-corrected chi connectivity index (χ3v) is 4.57. The number of halogens is 1. The van der Waals surface area contributed by atoms with E-state index in [0.29, 0.717) is 17.1 Å². The monoisotopic (exact) mass is 405 g/mol. The Hall–Kier alpha value is -4.20. The van der Waals surface area contributed by atoms with E-state index in [4.69, 9.17) is 4.74 Å². The highest BCUT2D eigenvalue weighted by atomic mass is 19.1. The first kappa shape index (κ1) is 19.1. The fraction of sp³-hybridized carbons (Fsp3) is 0.0455. The van der Waals surface area contributed by atoms with Crippen molar-refractivity contribution in [2.45, 2.75) is 0 Å². The number of benzene rings is 2. The number of anilines is 1. The first-order valence-electron chi connectivity index (χ1n) is 8.94. The molecule has 2 heterocycles. The molecule has 0 aliphatic rings. The van der Waals surface area contributed by atoms with Gasteiger partial charge >= 0.3 is 0 Å². The van der Waals surface area contributed by atoms with Crippen molar-refractivity contribution in [1.82, 2.24) is 9.55 Å². The first-order valence-corrected chi connectivity index (χ1v) is 8.94. The molecule has 0 aliphatic heterocycles. The molecule has 150 valence electrons. The van der Waals surface area contributed by atoms with Gasteiger partial charge in [-0.1, -0.05) is 12.1 Å². The Bertz CT molecular complexity index is 1320. The molecule has 0 bridgehead atoms. The SMILES string of the molecule is COc1ccccc1NC(=O)c1c(O)c2cccnc2n(-c2ccc(F)cc2)c1=O. The number of nitrogens with one attached hydrogen (secondary N) is 1. The number of hydrogen-bond donors (Lipinski definition) is 2. The quantitative estimate of drug-likeness (QED) is 0.542. The van der Waals surface area contributed by atoms with Crippen molar-refractivity contribution in [3.63, 3.8) is 0 Å². The van der Waals surface area contributed by atoms with Crippen LogP contribution in [0.4, 0.5) is 10.1 Å². The van der Waals surface area contributed by atoms with E-state index in [9.17, 15) is 19.1 Å². The summed E-state index contributed by atoms with van der Waals surface area (Å²) in [7, 11) is 1.45. The van der Waals surface area contributed by atoms with Crippen LogP contribution in [0.2, 0.25) is 0 Å². The molecule has 4 aromatic rings. The number of nitrogens with zero attached hydrogens (tertiary/aromatic N) is 2. The van der Waals surface area contributed by atoms with Crippen LogP contribution in [0.3, 0.4) is 0 Å². The molecule has 4 rings (SSSR count). The van der Waals surface area contributed by atoms with Crippen molar-refractivity contribution in [2.24, 2.45) is 0 Å². The molecule has 7 nitrogen and oxygen atoms in total. The molecule has 1 amide bonds. The Balaban J connectivity index is 1.93. The number of aromatic nitrogens is 2. The van der Waals surface area contributed by atoms with Gasteiger partial charge in [0.15, 0.2) is 5.65 Å². The first-order chi connectivity index (χ1) is 14.5. The Kier molecular flexibility index (Phi) is 4.89. The van der Waals surface area contributed by atoms with Crippen LogP contribution in [0.1, 0.15) is 10.4 Å². The molecule has 30 heavy (non-hydrogen) atoms. The van der Waals surface area contributed by atoms with Crippen LogP contribution in [-0.4, -0.2) is 27.7 Å². The number of methoxy groups -OCH3 is 1. The molecule has 2 aromatic carbocycles. The van der Waals surface area contributed by atoms with E-state index >= 15 is 0 Å². The van der Waals surface area contributed by atoms with E-state index in [-0.39, 0.29) is 11.0 Å². The molecular weight excluding hydrogens is 389 g/mol. The van der Waals surface area contributed by atoms with Gasteiger partial charge < -0.3 is 15.2 Å². The average Bonchev–Trinajstić information content (AvgIpc) is 2.75. The number of carbonyl (C=O) groups excluding carboxylic acids is 1. The van der Waals surface area contributed by atoms with Crippen LogP contribution in [0.25, 0.3) is 16.7 Å². The predicted molar refractivity (Wildman–Crippen MR) is 110 cm³/mol. The predicted octanol–water partition coefficient (Wildman–Crippen LogP) is 3.49. The maximum atomic E-state index is 13.4. The van der Waals surface area contributed by atoms with Gasteiger partial charge in [0.1, 0.15) is 22.9 Å². The lowest BCUT2D eigenvalue weighted by Gasteiger charge is -2.15. The molecule has 0 aliphatic carbocycles. The van der Waals surface area contributed by atoms with Crippen LogP contribution in [0.5, 0.6) is 11.5 Å². The van der Waals surface area contributed by atoms with Crippen LogP contribution in [-0.2, 0) is 0 Å². The van der Waals surface area contributed by atoms with E-state index < -0.39 is 28.6 Å². The molecule has 0 saturated heterocycles. The van der Waals surface area contributed by atoms with Crippen molar-refractivity contribution in [1.29, 1.82) is 0 Å². The summed E-state index contributed by atoms with van der Waals surface area (Å²) in [5.41, 5.74) is -0.483. The van der Waals surface area contributed by atoms with E-state index in [1.54, 1.807) is 30.3 Å². The number of amides is 1. The van der Waals surface area contributed by atoms with Crippen molar-refractivity contribution in [3.05, 3.63) is 88.6 Å². The van der Waals surface area contributed by atoms with Gasteiger partial charge in [0, 0.05) is 6.20 Å². The third-order valence-electron chi connectivity index (χ3n) is 4.57. The summed E-state index contributed by atoms with van der Waals surface area (Å²) in [5, 5.41) is 13.5. The minimum absolute atomic E-state index is 0.139. The normalized spacial score (nSPS) is 10.7. The zero-order chi connectivity index (χ0) is 21.3. The van der Waals surface area contributed by atoms with E-state index in [2.05, 4.69) is 10.3 Å². The van der Waals surface area contributed by atoms with Crippen molar-refractivity contribution >= 4 is 22.6 Å². The minimum atomic E-state index is -0.816. The smallest absolute Gasteiger partial charge is 0.273 e. The van der Waals surface area contributed by atoms with Crippen LogP contribution in [0, 0.1) is 5.82 Å². The molecule has 0 spiro atoms. The Morgan fingerprint density at radius 1 is 1.10 bits per heavy atom. The van der Waals surface area contributed by atoms with E-state index in [1.807, 2.05) is 0 Å². The van der Waals surface area contributed by atoms with Crippen LogP contribution in [0.15, 0.2) is 71.7 Å². The lowest BCUT2D eigenvalue weighted by molar-refractivity contribution is 0.102. The Morgan fingerprint density at radius 3 is 2.57 bits per heavy atom. The van der Waals surface area contributed by atoms with Gasteiger partial charge in [0.25, 0.3) is 11.5 Å². The molecular formula is C22H16FN3O4. The molecule has 2 aromatic heterocycles. The Morgan fingerprint density at radius 2 is 1.83 bits per heavy atom. The maximum Gasteiger partial charge on any atom is 0.273 e. The van der Waals surface area contributed by atoms with E-state index in [1.165, 1.54) is 43.6 Å². The fourth-order valence-corrected chi connectivity index (χ4v) is 3.17. The number of pyridine rings is 2. The van der Waals surface area contributed by atoms with Crippen LogP contribution < -0.4 is 15.6 Å². The molecule has 8 heteroatoms. The average molecular weight is 405 g/mol. The summed E-state index contributed by atoms with van der Waals surface area (Å²) in [6.45, 7) is 0. The summed E-state index contributed by atoms with van der Waals surface area (Å²) >= 11 is 0. The van der Waals surface area contributed by atoms with Crippen LogP contribution >= 0.6 is 0 Å². The number of hydrogen-bond acceptors (Lipinski definition) is 5. The fourth-order valence-electron chi connectivity index (χ4n) is 3.17. The van der Waals surface area contributed by atoms with Crippen molar-refractivity contribution in [2.75, 3.05) is 12.4 Å². The molecule has 0 atom stereocenters. The highest BCUT2D eigenvalue weighted by Gasteiger charge is 2.24. The maximum absolute atomic E-state index is 13.4. The highest BCUT2D eigenvalue weighted by Crippen LogP contribution is 2.29. The van der Waals surface area contributed by atoms with E-state index in [0.717, 1.165) is 4.57 Å². The second-order valence-corrected chi connectivity index (χ2v) is 6.37. The summed E-state index contributed by atoms with van der Waals surface area (Å²) in [6, 6.07) is 15.0. The summed E-state index contributed by atoms with van der Waals surface area (Å²) in [6.07, 6.45) is 1.45. The molecule has 0 unspecified atom stereocenters. The summed E-state index contributed by atoms with van der Waals surface area (Å²) < 4.78 is 19.8. The number of ether oxygens (including phenoxy) is 1. The van der Waals surface area contributed by atoms with Crippen molar-refractivity contribution in [3.8, 4) is 17.2 Å². The molecule has 0 fully saturated rings. The molecule has 0 radical (unpaired) electrons. The Labute approximate surface area is 170 Å². The second-order valence-electron chi connectivity index (χ2n) is 6.37.